The van der Waals surface area contributed by atoms with Gasteiger partial charge in [0.2, 0.25) is 5.91 Å². The average molecular weight is 385 g/mol. The van der Waals surface area contributed by atoms with Crippen molar-refractivity contribution in [2.24, 2.45) is 4.36 Å². The fourth-order valence-corrected chi connectivity index (χ4v) is 3.27. The molecule has 7 nitrogen and oxygen atoms in total. The van der Waals surface area contributed by atoms with Gasteiger partial charge in [0, 0.05) is 48.1 Å². The molecule has 1 heterocycles. The first-order chi connectivity index (χ1) is 12.8. The van der Waals surface area contributed by atoms with Gasteiger partial charge in [-0.1, -0.05) is 11.8 Å². The Balaban J connectivity index is 2.27. The molecule has 1 aromatic heterocycles. The van der Waals surface area contributed by atoms with Crippen LogP contribution in [0, 0.1) is 11.8 Å². The highest BCUT2D eigenvalue weighted by molar-refractivity contribution is 7.93. The number of aromatic nitrogens is 1. The van der Waals surface area contributed by atoms with Crippen LogP contribution in [0.4, 0.5) is 5.69 Å². The molecule has 2 rings (SSSR count). The number of hydrogen-bond acceptors (Lipinski definition) is 5. The molecule has 0 spiro atoms. The maximum Gasteiger partial charge on any atom is 0.286 e. The number of nitrogens with one attached hydrogen (secondary N) is 1. The number of hydrogen-bond donors (Lipinski definition) is 2. The zero-order valence-corrected chi connectivity index (χ0v) is 15.7. The van der Waals surface area contributed by atoms with E-state index in [2.05, 4.69) is 26.5 Å². The first-order valence-electron chi connectivity index (χ1n) is 8.01. The molecular formula is C19H19N3O4S. The number of aliphatic hydroxyl groups is 1. The summed E-state index contributed by atoms with van der Waals surface area (Å²) in [6.45, 7) is 1.34. The second-order valence-electron chi connectivity index (χ2n) is 5.64. The van der Waals surface area contributed by atoms with Gasteiger partial charge in [0.05, 0.1) is 21.9 Å². The fourth-order valence-electron chi connectivity index (χ4n) is 2.10. The molecule has 2 amide bonds. The Morgan fingerprint density at radius 2 is 1.96 bits per heavy atom. The van der Waals surface area contributed by atoms with Crippen molar-refractivity contribution in [2.75, 3.05) is 18.2 Å². The third kappa shape index (κ3) is 6.02. The summed E-state index contributed by atoms with van der Waals surface area (Å²) in [5.74, 6) is 4.65. The van der Waals surface area contributed by atoms with Gasteiger partial charge in [-0.3, -0.25) is 14.6 Å². The van der Waals surface area contributed by atoms with Crippen molar-refractivity contribution in [3.05, 3.63) is 53.9 Å². The summed E-state index contributed by atoms with van der Waals surface area (Å²) in [7, 11) is -2.97. The third-order valence-corrected chi connectivity index (χ3v) is 4.98. The van der Waals surface area contributed by atoms with Crippen LogP contribution in [0.15, 0.2) is 52.0 Å². The number of anilines is 1. The molecule has 1 unspecified atom stereocenters. The first kappa shape index (κ1) is 20.3. The number of rotatable bonds is 4. The van der Waals surface area contributed by atoms with Crippen molar-refractivity contribution >= 4 is 27.2 Å². The summed E-state index contributed by atoms with van der Waals surface area (Å²) in [4.78, 5) is 27.8. The summed E-state index contributed by atoms with van der Waals surface area (Å²) in [6, 6.07) is 7.81. The van der Waals surface area contributed by atoms with Crippen LogP contribution in [0.2, 0.25) is 0 Å². The topological polar surface area (TPSA) is 109 Å². The predicted molar refractivity (Wildman–Crippen MR) is 103 cm³/mol. The monoisotopic (exact) mass is 385 g/mol. The molecule has 140 valence electrons. The highest BCUT2D eigenvalue weighted by atomic mass is 32.2. The third-order valence-electron chi connectivity index (χ3n) is 3.32. The molecule has 0 aliphatic rings. The molecule has 0 radical (unpaired) electrons. The number of amides is 2. The van der Waals surface area contributed by atoms with Crippen molar-refractivity contribution < 1.29 is 18.9 Å². The number of nitrogens with zero attached hydrogens (tertiary/aromatic N) is 2. The lowest BCUT2D eigenvalue weighted by atomic mass is 10.2. The van der Waals surface area contributed by atoms with Gasteiger partial charge in [-0.05, 0) is 30.3 Å². The zero-order chi connectivity index (χ0) is 19.9. The van der Waals surface area contributed by atoms with Crippen LogP contribution in [-0.4, -0.2) is 39.0 Å². The quantitative estimate of drug-likeness (QED) is 0.783. The first-order valence-corrected chi connectivity index (χ1v) is 9.93. The smallest absolute Gasteiger partial charge is 0.286 e. The highest BCUT2D eigenvalue weighted by Gasteiger charge is 2.12. The minimum absolute atomic E-state index is 0.0486. The van der Waals surface area contributed by atoms with Gasteiger partial charge in [-0.15, -0.1) is 0 Å². The standard InChI is InChI=1S/C19H19N3O4S/c1-14(24)21-17-6-8-18(9-7-17)27(2,26)22-19(25)16-11-15(12-20-13-16)5-3-4-10-23/h6-9,11-13,23H,4,10H2,1-2H3,(H,21,24). The molecule has 0 bridgehead atoms. The van der Waals surface area contributed by atoms with E-state index in [9.17, 15) is 13.8 Å². The summed E-state index contributed by atoms with van der Waals surface area (Å²) >= 11 is 0. The van der Waals surface area contributed by atoms with E-state index in [1.807, 2.05) is 0 Å². The Kier molecular flexibility index (Phi) is 6.82. The van der Waals surface area contributed by atoms with Crippen LogP contribution in [0.3, 0.4) is 0 Å². The number of carbonyl (C=O) groups excluding carboxylic acids is 2. The fraction of sp³-hybridized carbons (Fsp3) is 0.211. The molecule has 0 saturated heterocycles. The van der Waals surface area contributed by atoms with E-state index < -0.39 is 15.6 Å². The van der Waals surface area contributed by atoms with E-state index >= 15 is 0 Å². The zero-order valence-electron chi connectivity index (χ0n) is 14.9. The molecule has 0 saturated carbocycles. The van der Waals surface area contributed by atoms with Crippen LogP contribution in [0.1, 0.15) is 29.3 Å². The summed E-state index contributed by atoms with van der Waals surface area (Å²) in [5.41, 5.74) is 1.24. The van der Waals surface area contributed by atoms with E-state index in [4.69, 9.17) is 5.11 Å². The largest absolute Gasteiger partial charge is 0.395 e. The number of carbonyl (C=O) groups is 2. The molecule has 2 aromatic rings. The lowest BCUT2D eigenvalue weighted by Gasteiger charge is -2.06. The molecule has 1 aromatic carbocycles. The van der Waals surface area contributed by atoms with Crippen LogP contribution < -0.4 is 5.32 Å². The lowest BCUT2D eigenvalue weighted by Crippen LogP contribution is -2.07. The molecule has 27 heavy (non-hydrogen) atoms. The van der Waals surface area contributed by atoms with Crippen LogP contribution in [-0.2, 0) is 14.5 Å². The van der Waals surface area contributed by atoms with Crippen molar-refractivity contribution in [3.8, 4) is 11.8 Å². The van der Waals surface area contributed by atoms with E-state index in [1.165, 1.54) is 31.6 Å². The predicted octanol–water partition coefficient (Wildman–Crippen LogP) is 2.07. The minimum Gasteiger partial charge on any atom is -0.395 e. The van der Waals surface area contributed by atoms with Crippen molar-refractivity contribution in [1.82, 2.24) is 4.98 Å². The maximum absolute atomic E-state index is 12.8. The molecule has 0 fully saturated rings. The van der Waals surface area contributed by atoms with Gasteiger partial charge >= 0.3 is 0 Å². The second-order valence-corrected chi connectivity index (χ2v) is 7.90. The van der Waals surface area contributed by atoms with Gasteiger partial charge in [-0.2, -0.15) is 4.36 Å². The SMILES string of the molecule is CC(=O)Nc1ccc(S(C)(=O)=NC(=O)c2cncc(C#CCCO)c2)cc1. The van der Waals surface area contributed by atoms with Gasteiger partial charge in [-0.25, -0.2) is 4.21 Å². The number of aliphatic hydroxyl groups excluding tert-OH is 1. The maximum atomic E-state index is 12.8. The molecular weight excluding hydrogens is 366 g/mol. The van der Waals surface area contributed by atoms with Crippen molar-refractivity contribution in [1.29, 1.82) is 0 Å². The Morgan fingerprint density at radius 1 is 1.26 bits per heavy atom. The Morgan fingerprint density at radius 3 is 2.59 bits per heavy atom. The van der Waals surface area contributed by atoms with Crippen LogP contribution >= 0.6 is 0 Å². The van der Waals surface area contributed by atoms with Crippen LogP contribution in [0.25, 0.3) is 0 Å². The molecule has 2 N–H and O–H groups in total. The normalized spacial score (nSPS) is 12.3. The van der Waals surface area contributed by atoms with Gasteiger partial charge in [0.15, 0.2) is 0 Å². The van der Waals surface area contributed by atoms with E-state index in [1.54, 1.807) is 24.3 Å². The molecule has 0 aliphatic carbocycles. The van der Waals surface area contributed by atoms with E-state index in [0.717, 1.165) is 0 Å². The summed E-state index contributed by atoms with van der Waals surface area (Å²) < 4.78 is 16.7. The van der Waals surface area contributed by atoms with Crippen molar-refractivity contribution in [3.63, 3.8) is 0 Å². The average Bonchev–Trinajstić information content (AvgIpc) is 2.62. The molecule has 1 atom stereocenters. The van der Waals surface area contributed by atoms with Gasteiger partial charge in [0.25, 0.3) is 5.91 Å². The highest BCUT2D eigenvalue weighted by Crippen LogP contribution is 2.17. The van der Waals surface area contributed by atoms with Crippen LogP contribution in [0.5, 0.6) is 0 Å². The summed E-state index contributed by atoms with van der Waals surface area (Å²) in [6.07, 6.45) is 4.51. The Bertz CT molecular complexity index is 1030. The van der Waals surface area contributed by atoms with E-state index in [-0.39, 0.29) is 18.1 Å². The number of benzene rings is 1. The van der Waals surface area contributed by atoms with Gasteiger partial charge in [0.1, 0.15) is 0 Å². The Hall–Kier alpha value is -3.02. The number of pyridine rings is 1. The second kappa shape index (κ2) is 9.07. The Labute approximate surface area is 158 Å². The van der Waals surface area contributed by atoms with Crippen molar-refractivity contribution in [2.45, 2.75) is 18.2 Å². The minimum atomic E-state index is -2.97. The van der Waals surface area contributed by atoms with E-state index in [0.29, 0.717) is 22.6 Å². The molecule has 8 heteroatoms. The lowest BCUT2D eigenvalue weighted by molar-refractivity contribution is -0.114. The van der Waals surface area contributed by atoms with Gasteiger partial charge < -0.3 is 10.4 Å². The molecule has 0 aliphatic heterocycles. The summed E-state index contributed by atoms with van der Waals surface area (Å²) in [5, 5.41) is 11.4.